The zero-order chi connectivity index (χ0) is 19.1. The zero-order valence-electron chi connectivity index (χ0n) is 14.5. The fourth-order valence-corrected chi connectivity index (χ4v) is 3.41. The Kier molecular flexibility index (Phi) is 6.45. The number of methoxy groups -OCH3 is 1. The summed E-state index contributed by atoms with van der Waals surface area (Å²) in [6.45, 7) is 0. The number of thiazole rings is 1. The van der Waals surface area contributed by atoms with E-state index in [1.807, 2.05) is 29.6 Å². The maximum absolute atomic E-state index is 12.3. The number of amides is 2. The summed E-state index contributed by atoms with van der Waals surface area (Å²) in [6.07, 6.45) is 1.65. The SMILES string of the molecule is COc1ccc(C(=O)Nc2ccc(SCC(=O)Nc3nccs3)cc2)cc1. The first-order valence-electron chi connectivity index (χ1n) is 8.01. The molecule has 0 spiro atoms. The number of carbonyl (C=O) groups is 2. The normalized spacial score (nSPS) is 10.3. The van der Waals surface area contributed by atoms with Gasteiger partial charge >= 0.3 is 0 Å². The molecule has 0 atom stereocenters. The molecule has 0 aliphatic rings. The van der Waals surface area contributed by atoms with Crippen molar-refractivity contribution in [2.75, 3.05) is 23.5 Å². The van der Waals surface area contributed by atoms with Crippen LogP contribution in [0.1, 0.15) is 10.4 Å². The second-order valence-electron chi connectivity index (χ2n) is 5.38. The van der Waals surface area contributed by atoms with Crippen molar-refractivity contribution in [1.29, 1.82) is 0 Å². The van der Waals surface area contributed by atoms with Gasteiger partial charge in [0.05, 0.1) is 12.9 Å². The van der Waals surface area contributed by atoms with Crippen LogP contribution in [0, 0.1) is 0 Å². The summed E-state index contributed by atoms with van der Waals surface area (Å²) < 4.78 is 5.08. The number of rotatable bonds is 7. The topological polar surface area (TPSA) is 80.3 Å². The van der Waals surface area contributed by atoms with Crippen LogP contribution in [0.15, 0.2) is 65.0 Å². The number of anilines is 2. The van der Waals surface area contributed by atoms with Crippen LogP contribution in [-0.2, 0) is 4.79 Å². The molecule has 3 aromatic rings. The number of hydrogen-bond donors (Lipinski definition) is 2. The predicted octanol–water partition coefficient (Wildman–Crippen LogP) is 4.13. The van der Waals surface area contributed by atoms with Gasteiger partial charge in [0.1, 0.15) is 5.75 Å². The third-order valence-electron chi connectivity index (χ3n) is 3.51. The fraction of sp³-hybridized carbons (Fsp3) is 0.105. The van der Waals surface area contributed by atoms with Crippen molar-refractivity contribution in [3.8, 4) is 5.75 Å². The molecular weight excluding hydrogens is 382 g/mol. The third-order valence-corrected chi connectivity index (χ3v) is 5.21. The maximum Gasteiger partial charge on any atom is 0.255 e. The molecule has 0 unspecified atom stereocenters. The lowest BCUT2D eigenvalue weighted by Crippen LogP contribution is -2.13. The predicted molar refractivity (Wildman–Crippen MR) is 109 cm³/mol. The Hall–Kier alpha value is -2.84. The van der Waals surface area contributed by atoms with Crippen molar-refractivity contribution in [2.45, 2.75) is 4.90 Å². The first-order chi connectivity index (χ1) is 13.1. The summed E-state index contributed by atoms with van der Waals surface area (Å²) >= 11 is 2.80. The van der Waals surface area contributed by atoms with E-state index in [0.717, 1.165) is 4.90 Å². The smallest absolute Gasteiger partial charge is 0.255 e. The maximum atomic E-state index is 12.3. The van der Waals surface area contributed by atoms with Crippen LogP contribution in [0.3, 0.4) is 0 Å². The van der Waals surface area contributed by atoms with Crippen molar-refractivity contribution < 1.29 is 14.3 Å². The van der Waals surface area contributed by atoms with E-state index in [2.05, 4.69) is 15.6 Å². The summed E-state index contributed by atoms with van der Waals surface area (Å²) in [7, 11) is 1.58. The van der Waals surface area contributed by atoms with Gasteiger partial charge in [-0.2, -0.15) is 0 Å². The number of ether oxygens (including phenoxy) is 1. The summed E-state index contributed by atoms with van der Waals surface area (Å²) in [5, 5.41) is 7.98. The first kappa shape index (κ1) is 18.9. The summed E-state index contributed by atoms with van der Waals surface area (Å²) in [6, 6.07) is 14.2. The van der Waals surface area contributed by atoms with Crippen LogP contribution >= 0.6 is 23.1 Å². The number of nitrogens with one attached hydrogen (secondary N) is 2. The van der Waals surface area contributed by atoms with Crippen LogP contribution < -0.4 is 15.4 Å². The van der Waals surface area contributed by atoms with Crippen molar-refractivity contribution in [2.24, 2.45) is 0 Å². The third kappa shape index (κ3) is 5.57. The van der Waals surface area contributed by atoms with Crippen LogP contribution in [0.5, 0.6) is 5.75 Å². The summed E-state index contributed by atoms with van der Waals surface area (Å²) in [5.41, 5.74) is 1.24. The highest BCUT2D eigenvalue weighted by molar-refractivity contribution is 8.00. The highest BCUT2D eigenvalue weighted by atomic mass is 32.2. The van der Waals surface area contributed by atoms with Crippen LogP contribution in [0.25, 0.3) is 0 Å². The second kappa shape index (κ2) is 9.20. The largest absolute Gasteiger partial charge is 0.497 e. The van der Waals surface area contributed by atoms with Crippen LogP contribution in [0.2, 0.25) is 0 Å². The summed E-state index contributed by atoms with van der Waals surface area (Å²) in [5.74, 6) is 0.691. The molecule has 0 fully saturated rings. The quantitative estimate of drug-likeness (QED) is 0.584. The lowest BCUT2D eigenvalue weighted by Gasteiger charge is -2.07. The van der Waals surface area contributed by atoms with Gasteiger partial charge < -0.3 is 15.4 Å². The van der Waals surface area contributed by atoms with E-state index in [1.165, 1.54) is 23.1 Å². The lowest BCUT2D eigenvalue weighted by atomic mass is 10.2. The van der Waals surface area contributed by atoms with E-state index in [9.17, 15) is 9.59 Å². The molecule has 0 aliphatic heterocycles. The number of nitrogens with zero attached hydrogens (tertiary/aromatic N) is 1. The van der Waals surface area contributed by atoms with Gasteiger partial charge in [-0.1, -0.05) is 0 Å². The minimum atomic E-state index is -0.194. The molecule has 27 heavy (non-hydrogen) atoms. The van der Waals surface area contributed by atoms with Crippen molar-refractivity contribution in [3.63, 3.8) is 0 Å². The van der Waals surface area contributed by atoms with E-state index < -0.39 is 0 Å². The molecule has 6 nitrogen and oxygen atoms in total. The van der Waals surface area contributed by atoms with Gasteiger partial charge in [-0.05, 0) is 48.5 Å². The fourth-order valence-electron chi connectivity index (χ4n) is 2.17. The van der Waals surface area contributed by atoms with Gasteiger partial charge in [-0.25, -0.2) is 4.98 Å². The highest BCUT2D eigenvalue weighted by Crippen LogP contribution is 2.21. The van der Waals surface area contributed by atoms with Gasteiger partial charge in [0, 0.05) is 27.7 Å². The number of thioether (sulfide) groups is 1. The Balaban J connectivity index is 1.50. The number of aromatic nitrogens is 1. The van der Waals surface area contributed by atoms with E-state index in [0.29, 0.717) is 22.1 Å². The van der Waals surface area contributed by atoms with Crippen molar-refractivity contribution in [1.82, 2.24) is 4.98 Å². The van der Waals surface area contributed by atoms with E-state index in [4.69, 9.17) is 4.74 Å². The average Bonchev–Trinajstić information content (AvgIpc) is 3.20. The number of hydrogen-bond acceptors (Lipinski definition) is 6. The van der Waals surface area contributed by atoms with E-state index in [1.54, 1.807) is 37.6 Å². The van der Waals surface area contributed by atoms with Crippen molar-refractivity contribution in [3.05, 3.63) is 65.7 Å². The second-order valence-corrected chi connectivity index (χ2v) is 7.32. The molecule has 138 valence electrons. The Morgan fingerprint density at radius 3 is 2.44 bits per heavy atom. The number of carbonyl (C=O) groups excluding carboxylic acids is 2. The Bertz CT molecular complexity index is 895. The van der Waals surface area contributed by atoms with Gasteiger partial charge in [-0.15, -0.1) is 23.1 Å². The van der Waals surface area contributed by atoms with Gasteiger partial charge in [0.25, 0.3) is 5.91 Å². The molecule has 2 aromatic carbocycles. The monoisotopic (exact) mass is 399 g/mol. The molecule has 2 amide bonds. The average molecular weight is 399 g/mol. The number of benzene rings is 2. The molecule has 1 aromatic heterocycles. The molecule has 0 saturated carbocycles. The molecule has 2 N–H and O–H groups in total. The van der Waals surface area contributed by atoms with Crippen LogP contribution in [-0.4, -0.2) is 29.7 Å². The lowest BCUT2D eigenvalue weighted by molar-refractivity contribution is -0.113. The Labute approximate surface area is 165 Å². The molecule has 0 bridgehead atoms. The van der Waals surface area contributed by atoms with E-state index >= 15 is 0 Å². The molecular formula is C19H17N3O3S2. The van der Waals surface area contributed by atoms with Gasteiger partial charge in [-0.3, -0.25) is 9.59 Å². The first-order valence-corrected chi connectivity index (χ1v) is 9.88. The standard InChI is InChI=1S/C19H17N3O3S2/c1-25-15-6-2-13(3-7-15)18(24)21-14-4-8-16(9-5-14)27-12-17(23)22-19-20-10-11-26-19/h2-11H,12H2,1H3,(H,21,24)(H,20,22,23). The summed E-state index contributed by atoms with van der Waals surface area (Å²) in [4.78, 5) is 29.1. The van der Waals surface area contributed by atoms with Gasteiger partial charge in [0.2, 0.25) is 5.91 Å². The minimum absolute atomic E-state index is 0.105. The molecule has 0 saturated heterocycles. The van der Waals surface area contributed by atoms with Crippen LogP contribution in [0.4, 0.5) is 10.8 Å². The molecule has 0 aliphatic carbocycles. The molecule has 1 heterocycles. The Morgan fingerprint density at radius 1 is 1.07 bits per heavy atom. The zero-order valence-corrected chi connectivity index (χ0v) is 16.1. The minimum Gasteiger partial charge on any atom is -0.497 e. The van der Waals surface area contributed by atoms with Gasteiger partial charge in [0.15, 0.2) is 5.13 Å². The molecule has 3 rings (SSSR count). The highest BCUT2D eigenvalue weighted by Gasteiger charge is 2.08. The molecule has 8 heteroatoms. The van der Waals surface area contributed by atoms with Crippen molar-refractivity contribution >= 4 is 45.7 Å². The molecule has 0 radical (unpaired) electrons. The Morgan fingerprint density at radius 2 is 1.81 bits per heavy atom. The van der Waals surface area contributed by atoms with E-state index in [-0.39, 0.29) is 17.6 Å².